The predicted octanol–water partition coefficient (Wildman–Crippen LogP) is 2.74. The zero-order valence-electron chi connectivity index (χ0n) is 12.9. The summed E-state index contributed by atoms with van der Waals surface area (Å²) in [5.74, 6) is -0.989. The van der Waals surface area contributed by atoms with Gasteiger partial charge in [0, 0.05) is 24.8 Å². The summed E-state index contributed by atoms with van der Waals surface area (Å²) in [7, 11) is 5.12. The summed E-state index contributed by atoms with van der Waals surface area (Å²) < 4.78 is 6.43. The average molecular weight is 410 g/mol. The maximum absolute atomic E-state index is 11.5. The highest BCUT2D eigenvalue weighted by atomic mass is 33.1. The first-order valence-electron chi connectivity index (χ1n) is 6.82. The molecule has 0 spiro atoms. The van der Waals surface area contributed by atoms with Crippen molar-refractivity contribution in [2.45, 2.75) is 24.3 Å². The lowest BCUT2D eigenvalue weighted by molar-refractivity contribution is -0.197. The highest BCUT2D eigenvalue weighted by molar-refractivity contribution is 8.76. The minimum absolute atomic E-state index is 0.108. The van der Waals surface area contributed by atoms with E-state index in [-0.39, 0.29) is 19.3 Å². The van der Waals surface area contributed by atoms with E-state index in [2.05, 4.69) is 25.7 Å². The van der Waals surface area contributed by atoms with E-state index < -0.39 is 24.8 Å². The fourth-order valence-electron chi connectivity index (χ4n) is 1.43. The Balaban J connectivity index is 0.000000648. The summed E-state index contributed by atoms with van der Waals surface area (Å²) in [6, 6.07) is 5.59. The van der Waals surface area contributed by atoms with Crippen LogP contribution in [-0.2, 0) is 31.0 Å². The molecule has 1 fully saturated rings. The summed E-state index contributed by atoms with van der Waals surface area (Å²) in [6.07, 6.45) is 2.04. The number of carbonyl (C=O) groups excluding carboxylic acids is 3. The topological polar surface area (TPSA) is 76.6 Å². The number of hydroxylamine groups is 2. The van der Waals surface area contributed by atoms with Gasteiger partial charge in [-0.3, -0.25) is 9.59 Å². The van der Waals surface area contributed by atoms with E-state index in [1.807, 2.05) is 18.2 Å². The number of aromatic nitrogens is 1. The molecule has 11 heteroatoms. The number of amides is 2. The van der Waals surface area contributed by atoms with Crippen molar-refractivity contribution in [2.75, 3.05) is 5.75 Å². The van der Waals surface area contributed by atoms with Crippen molar-refractivity contribution < 1.29 is 19.2 Å². The first-order chi connectivity index (χ1) is 11.4. The van der Waals surface area contributed by atoms with Crippen LogP contribution in [0.2, 0.25) is 0 Å². The Morgan fingerprint density at radius 1 is 1.48 bits per heavy atom. The molecule has 0 radical (unpaired) electrons. The third kappa shape index (κ3) is 8.18. The molecular weight excluding hydrogens is 394 g/mol. The molecule has 0 aromatic carbocycles. The molecule has 2 atom stereocenters. The van der Waals surface area contributed by atoms with Gasteiger partial charge in [-0.05, 0) is 22.9 Å². The second-order valence-corrected chi connectivity index (χ2v) is 9.15. The van der Waals surface area contributed by atoms with E-state index in [9.17, 15) is 14.4 Å². The molecular formula is C12H15N2O4P2S3+. The summed E-state index contributed by atoms with van der Waals surface area (Å²) >= 11 is 4.31. The van der Waals surface area contributed by atoms with Gasteiger partial charge < -0.3 is 4.84 Å². The zero-order chi connectivity index (χ0) is 17.9. The van der Waals surface area contributed by atoms with Crippen molar-refractivity contribution in [2.24, 2.45) is 0 Å². The van der Waals surface area contributed by atoms with Crippen molar-refractivity contribution in [1.82, 2.24) is 10.0 Å². The van der Waals surface area contributed by atoms with Crippen LogP contribution in [0, 0.1) is 0 Å². The normalized spacial score (nSPS) is 14.7. The number of imide groups is 1. The van der Waals surface area contributed by atoms with Crippen LogP contribution in [0.3, 0.4) is 0 Å². The van der Waals surface area contributed by atoms with Gasteiger partial charge in [-0.1, -0.05) is 16.9 Å². The molecule has 2 rings (SSSR count). The summed E-state index contributed by atoms with van der Waals surface area (Å²) in [5.41, 5.74) is 0. The van der Waals surface area contributed by atoms with Crippen LogP contribution >= 0.6 is 37.5 Å². The smallest absolute Gasteiger partial charge is 0.330 e. The van der Waals surface area contributed by atoms with Gasteiger partial charge in [0.25, 0.3) is 11.8 Å². The van der Waals surface area contributed by atoms with Crippen LogP contribution in [-0.4, -0.2) is 34.9 Å². The number of carbonyl (C=O) groups is 3. The fourth-order valence-corrected chi connectivity index (χ4v) is 3.28. The second-order valence-electron chi connectivity index (χ2n) is 3.97. The number of rotatable bonds is 6. The second kappa shape index (κ2) is 11.9. The summed E-state index contributed by atoms with van der Waals surface area (Å²) in [6.45, 7) is -0.870. The third-order valence-corrected chi connectivity index (χ3v) is 4.64. The van der Waals surface area contributed by atoms with Gasteiger partial charge in [-0.15, -0.1) is 5.06 Å². The van der Waals surface area contributed by atoms with Crippen LogP contribution in [0.5, 0.6) is 0 Å². The van der Waals surface area contributed by atoms with Crippen LogP contribution in [0.1, 0.15) is 19.3 Å². The fraction of sp³-hybridized carbons (Fsp3) is 0.333. The molecule has 23 heavy (non-hydrogen) atoms. The maximum atomic E-state index is 11.5. The monoisotopic (exact) mass is 410 g/mol. The molecule has 6 nitrogen and oxygen atoms in total. The standard InChI is InChI=1S/C12H12N2O4S2.H2P2S/c15-10-4-5-11(16)14(10)18-12(17)6-8-19-20-9-3-1-2-7-13-9;1-2-3/h1-3,7H,4-6,8H2;1H2/p+1/i/hD. The molecule has 1 aliphatic heterocycles. The molecule has 1 aliphatic rings. The molecule has 124 valence electrons. The number of pyridine rings is 1. The molecule has 1 saturated heterocycles. The summed E-state index contributed by atoms with van der Waals surface area (Å²) in [4.78, 5) is 42.9. The largest absolute Gasteiger partial charge is 0.355 e. The Hall–Kier alpha value is -0.590. The van der Waals surface area contributed by atoms with Gasteiger partial charge in [0.2, 0.25) is 0 Å². The van der Waals surface area contributed by atoms with Gasteiger partial charge in [-0.2, -0.15) is 0 Å². The first kappa shape index (κ1) is 18.7. The molecule has 0 aliphatic carbocycles. The van der Waals surface area contributed by atoms with Crippen LogP contribution in [0.4, 0.5) is 0 Å². The van der Waals surface area contributed by atoms with E-state index in [1.54, 1.807) is 6.20 Å². The number of nitrogens with zero attached hydrogens (tertiary/aromatic N) is 2. The van der Waals surface area contributed by atoms with Gasteiger partial charge in [0.05, 0.1) is 15.3 Å². The number of hydrogen-bond donors (Lipinski definition) is 0. The molecule has 1 aromatic rings. The van der Waals surface area contributed by atoms with E-state index in [1.165, 1.54) is 21.6 Å². The maximum Gasteiger partial charge on any atom is 0.355 e. The molecule has 0 N–H and O–H groups in total. The van der Waals surface area contributed by atoms with Gasteiger partial charge in [0.15, 0.2) is 18.8 Å². The quantitative estimate of drug-likeness (QED) is 0.307. The van der Waals surface area contributed by atoms with Crippen molar-refractivity contribution >= 4 is 67.1 Å². The van der Waals surface area contributed by atoms with Crippen molar-refractivity contribution in [3.63, 3.8) is 0 Å². The SMILES string of the molecule is O=C(CCSSc1ccccn1)ON1C(=O)CCC1=O.[2H][P+](P)=S. The van der Waals surface area contributed by atoms with E-state index in [4.69, 9.17) is 6.12 Å². The van der Waals surface area contributed by atoms with E-state index in [0.29, 0.717) is 10.8 Å². The van der Waals surface area contributed by atoms with Crippen LogP contribution < -0.4 is 0 Å². The minimum atomic E-state index is -0.870. The highest BCUT2D eigenvalue weighted by Gasteiger charge is 2.32. The van der Waals surface area contributed by atoms with Crippen LogP contribution in [0.15, 0.2) is 29.4 Å². The van der Waals surface area contributed by atoms with Gasteiger partial charge in [-0.25, -0.2) is 9.78 Å². The molecule has 2 heterocycles. The minimum Gasteiger partial charge on any atom is -0.330 e. The molecule has 1 aromatic heterocycles. The lowest BCUT2D eigenvalue weighted by atomic mass is 10.4. The Bertz CT molecular complexity index is 589. The Morgan fingerprint density at radius 2 is 2.13 bits per heavy atom. The van der Waals surface area contributed by atoms with Crippen molar-refractivity contribution in [1.29, 1.82) is 1.28 Å². The van der Waals surface area contributed by atoms with Crippen molar-refractivity contribution in [3.05, 3.63) is 24.4 Å². The summed E-state index contributed by atoms with van der Waals surface area (Å²) in [5, 5.41) is 1.43. The van der Waals surface area contributed by atoms with E-state index in [0.717, 1.165) is 5.03 Å². The van der Waals surface area contributed by atoms with E-state index >= 15 is 0 Å². The molecule has 2 amide bonds. The molecule has 0 bridgehead atoms. The highest BCUT2D eigenvalue weighted by Crippen LogP contribution is 2.29. The Morgan fingerprint density at radius 3 is 2.70 bits per heavy atom. The van der Waals surface area contributed by atoms with Crippen LogP contribution in [0.25, 0.3) is 0 Å². The molecule has 2 unspecified atom stereocenters. The zero-order valence-corrected chi connectivity index (χ0v) is 16.4. The van der Waals surface area contributed by atoms with Gasteiger partial charge in [0.1, 0.15) is 5.03 Å². The Kier molecular flexibility index (Phi) is 9.67. The number of hydrogen-bond acceptors (Lipinski definition) is 8. The molecule has 0 saturated carbocycles. The van der Waals surface area contributed by atoms with Gasteiger partial charge >= 0.3 is 7.25 Å². The lowest BCUT2D eigenvalue weighted by Gasteiger charge is -2.12. The van der Waals surface area contributed by atoms with Crippen molar-refractivity contribution in [3.8, 4) is 0 Å². The Labute approximate surface area is 152 Å². The average Bonchev–Trinajstić information content (AvgIpc) is 2.84. The first-order valence-corrected chi connectivity index (χ1v) is 12.2. The third-order valence-electron chi connectivity index (χ3n) is 2.37. The lowest BCUT2D eigenvalue weighted by Crippen LogP contribution is -2.32. The predicted molar refractivity (Wildman–Crippen MR) is 99.7 cm³/mol.